The summed E-state index contributed by atoms with van der Waals surface area (Å²) < 4.78 is 27.3. The molecule has 1 aliphatic heterocycles. The van der Waals surface area contributed by atoms with Gasteiger partial charge in [-0.15, -0.1) is 0 Å². The maximum absolute atomic E-state index is 12.8. The Kier molecular flexibility index (Phi) is 6.23. The van der Waals surface area contributed by atoms with E-state index in [4.69, 9.17) is 0 Å². The minimum absolute atomic E-state index is 0.0566. The van der Waals surface area contributed by atoms with Crippen molar-refractivity contribution in [2.45, 2.75) is 51.5 Å². The van der Waals surface area contributed by atoms with Crippen molar-refractivity contribution in [3.8, 4) is 0 Å². The number of carbonyl (C=O) groups is 1. The maximum Gasteiger partial charge on any atom is 0.281 e. The van der Waals surface area contributed by atoms with Crippen molar-refractivity contribution in [1.29, 1.82) is 0 Å². The first-order valence-electron chi connectivity index (χ1n) is 9.88. The molecule has 2 atom stereocenters. The second-order valence-corrected chi connectivity index (χ2v) is 10.1. The summed E-state index contributed by atoms with van der Waals surface area (Å²) >= 11 is 0. The summed E-state index contributed by atoms with van der Waals surface area (Å²) in [5.74, 6) is -0.354. The van der Waals surface area contributed by atoms with Crippen LogP contribution >= 0.6 is 0 Å². The Balaban J connectivity index is 1.64. The van der Waals surface area contributed by atoms with E-state index in [0.29, 0.717) is 13.0 Å². The van der Waals surface area contributed by atoms with Gasteiger partial charge in [0.2, 0.25) is 5.91 Å². The van der Waals surface area contributed by atoms with E-state index in [-0.39, 0.29) is 24.4 Å². The Morgan fingerprint density at radius 2 is 1.89 bits per heavy atom. The minimum atomic E-state index is -3.47. The van der Waals surface area contributed by atoms with Crippen molar-refractivity contribution < 1.29 is 13.2 Å². The molecule has 150 valence electrons. The highest BCUT2D eigenvalue weighted by molar-refractivity contribution is 7.86. The van der Waals surface area contributed by atoms with Gasteiger partial charge in [-0.2, -0.15) is 17.0 Å². The van der Waals surface area contributed by atoms with Gasteiger partial charge < -0.3 is 5.32 Å². The predicted octanol–water partition coefficient (Wildman–Crippen LogP) is 2.26. The van der Waals surface area contributed by atoms with Crippen molar-refractivity contribution >= 4 is 16.1 Å². The summed E-state index contributed by atoms with van der Waals surface area (Å²) in [7, 11) is -0.421. The van der Waals surface area contributed by atoms with Gasteiger partial charge in [-0.25, -0.2) is 0 Å². The summed E-state index contributed by atoms with van der Waals surface area (Å²) in [5, 5.41) is 3.10. The van der Waals surface area contributed by atoms with E-state index in [2.05, 4.69) is 23.5 Å². The zero-order valence-electron chi connectivity index (χ0n) is 16.6. The van der Waals surface area contributed by atoms with Crippen molar-refractivity contribution in [3.05, 3.63) is 34.9 Å². The van der Waals surface area contributed by atoms with Crippen LogP contribution in [0.3, 0.4) is 0 Å². The molecule has 1 N–H and O–H groups in total. The summed E-state index contributed by atoms with van der Waals surface area (Å²) in [6.45, 7) is 2.73. The van der Waals surface area contributed by atoms with E-state index in [1.807, 2.05) is 6.92 Å². The molecule has 27 heavy (non-hydrogen) atoms. The first-order chi connectivity index (χ1) is 12.8. The number of hydrogen-bond acceptors (Lipinski definition) is 3. The first kappa shape index (κ1) is 20.3. The fraction of sp³-hybridized carbons (Fsp3) is 0.650. The third-order valence-corrected chi connectivity index (χ3v) is 7.68. The minimum Gasteiger partial charge on any atom is -0.349 e. The van der Waals surface area contributed by atoms with Gasteiger partial charge in [0.1, 0.15) is 0 Å². The number of rotatable bonds is 5. The molecule has 0 saturated carbocycles. The van der Waals surface area contributed by atoms with Crippen LogP contribution in [0.5, 0.6) is 0 Å². The molecule has 1 saturated heterocycles. The van der Waals surface area contributed by atoms with E-state index < -0.39 is 10.2 Å². The molecule has 3 rings (SSSR count). The van der Waals surface area contributed by atoms with Crippen LogP contribution in [0.2, 0.25) is 0 Å². The Morgan fingerprint density at radius 3 is 2.59 bits per heavy atom. The molecule has 1 aliphatic carbocycles. The van der Waals surface area contributed by atoms with Crippen LogP contribution < -0.4 is 5.32 Å². The summed E-state index contributed by atoms with van der Waals surface area (Å²) in [6, 6.07) is 6.45. The third-order valence-electron chi connectivity index (χ3n) is 5.77. The van der Waals surface area contributed by atoms with Gasteiger partial charge >= 0.3 is 0 Å². The van der Waals surface area contributed by atoms with Crippen molar-refractivity contribution in [2.75, 3.05) is 27.2 Å². The van der Waals surface area contributed by atoms with E-state index in [1.165, 1.54) is 46.7 Å². The number of aryl methyl sites for hydroxylation is 2. The SMILES string of the molecule is C[C@@H](NC(=O)[C@H]1CCCN(S(=O)(=O)N(C)C)C1)c1ccc2c(c1)CCCC2. The number of fused-ring (bicyclic) bond motifs is 1. The van der Waals surface area contributed by atoms with Crippen LogP contribution in [0.1, 0.15) is 55.3 Å². The number of hydrogen-bond donors (Lipinski definition) is 1. The standard InChI is InChI=1S/C20H31N3O3S/c1-15(17-11-10-16-7-4-5-8-18(16)13-17)21-20(24)19-9-6-12-23(14-19)27(25,26)22(2)3/h10-11,13,15,19H,4-9,12,14H2,1-3H3,(H,21,24)/t15-,19+/m1/s1. The third kappa shape index (κ3) is 4.52. The fourth-order valence-electron chi connectivity index (χ4n) is 4.03. The Morgan fingerprint density at radius 1 is 1.19 bits per heavy atom. The van der Waals surface area contributed by atoms with Crippen molar-refractivity contribution in [2.24, 2.45) is 5.92 Å². The van der Waals surface area contributed by atoms with Crippen molar-refractivity contribution in [3.63, 3.8) is 0 Å². The van der Waals surface area contributed by atoms with Crippen LogP contribution in [0.25, 0.3) is 0 Å². The van der Waals surface area contributed by atoms with Gasteiger partial charge in [0, 0.05) is 27.2 Å². The monoisotopic (exact) mass is 393 g/mol. The maximum atomic E-state index is 12.8. The molecule has 1 heterocycles. The van der Waals surface area contributed by atoms with Crippen LogP contribution in [-0.4, -0.2) is 50.1 Å². The van der Waals surface area contributed by atoms with Crippen molar-refractivity contribution in [1.82, 2.24) is 13.9 Å². The van der Waals surface area contributed by atoms with Crippen LogP contribution in [0.4, 0.5) is 0 Å². The second-order valence-electron chi connectivity index (χ2n) is 7.95. The van der Waals surface area contributed by atoms with Gasteiger partial charge in [0.25, 0.3) is 10.2 Å². The molecule has 0 unspecified atom stereocenters. The molecule has 1 aromatic carbocycles. The number of benzene rings is 1. The molecule has 6 nitrogen and oxygen atoms in total. The number of nitrogens with one attached hydrogen (secondary N) is 1. The molecule has 2 aliphatic rings. The lowest BCUT2D eigenvalue weighted by molar-refractivity contribution is -0.126. The molecular formula is C20H31N3O3S. The topological polar surface area (TPSA) is 69.7 Å². The van der Waals surface area contributed by atoms with Crippen LogP contribution in [0.15, 0.2) is 18.2 Å². The van der Waals surface area contributed by atoms with Crippen LogP contribution in [-0.2, 0) is 27.8 Å². The number of amides is 1. The molecular weight excluding hydrogens is 362 g/mol. The number of nitrogens with zero attached hydrogens (tertiary/aromatic N) is 2. The molecule has 7 heteroatoms. The number of carbonyl (C=O) groups excluding carboxylic acids is 1. The van der Waals surface area contributed by atoms with Gasteiger partial charge in [-0.1, -0.05) is 18.2 Å². The molecule has 1 amide bonds. The quantitative estimate of drug-likeness (QED) is 0.834. The molecule has 0 spiro atoms. The van der Waals surface area contributed by atoms with E-state index in [9.17, 15) is 13.2 Å². The Hall–Kier alpha value is -1.44. The Bertz CT molecular complexity index is 792. The summed E-state index contributed by atoms with van der Waals surface area (Å²) in [6.07, 6.45) is 6.18. The molecule has 0 radical (unpaired) electrons. The lowest BCUT2D eigenvalue weighted by atomic mass is 9.89. The zero-order valence-corrected chi connectivity index (χ0v) is 17.4. The summed E-state index contributed by atoms with van der Waals surface area (Å²) in [5.41, 5.74) is 3.96. The molecule has 1 aromatic rings. The highest BCUT2D eigenvalue weighted by Gasteiger charge is 2.33. The van der Waals surface area contributed by atoms with E-state index in [1.54, 1.807) is 0 Å². The largest absolute Gasteiger partial charge is 0.349 e. The average Bonchev–Trinajstić information content (AvgIpc) is 2.67. The second kappa shape index (κ2) is 8.29. The molecule has 0 bridgehead atoms. The van der Waals surface area contributed by atoms with E-state index in [0.717, 1.165) is 24.8 Å². The molecule has 1 fully saturated rings. The van der Waals surface area contributed by atoms with Gasteiger partial charge in [-0.3, -0.25) is 4.79 Å². The highest BCUT2D eigenvalue weighted by Crippen LogP contribution is 2.26. The summed E-state index contributed by atoms with van der Waals surface area (Å²) in [4.78, 5) is 12.8. The van der Waals surface area contributed by atoms with Gasteiger partial charge in [0.15, 0.2) is 0 Å². The normalized spacial score (nSPS) is 22.3. The zero-order chi connectivity index (χ0) is 19.6. The predicted molar refractivity (Wildman–Crippen MR) is 107 cm³/mol. The lowest BCUT2D eigenvalue weighted by Gasteiger charge is -2.33. The molecule has 0 aromatic heterocycles. The highest BCUT2D eigenvalue weighted by atomic mass is 32.2. The van der Waals surface area contributed by atoms with E-state index >= 15 is 0 Å². The smallest absolute Gasteiger partial charge is 0.281 e. The lowest BCUT2D eigenvalue weighted by Crippen LogP contribution is -2.49. The fourth-order valence-corrected chi connectivity index (χ4v) is 5.22. The van der Waals surface area contributed by atoms with Gasteiger partial charge in [0.05, 0.1) is 12.0 Å². The van der Waals surface area contributed by atoms with Crippen LogP contribution in [0, 0.1) is 5.92 Å². The first-order valence-corrected chi connectivity index (χ1v) is 11.3. The van der Waals surface area contributed by atoms with Gasteiger partial charge in [-0.05, 0) is 62.1 Å². The average molecular weight is 394 g/mol. The number of piperidine rings is 1. The Labute approximate surface area is 163 Å².